The Kier molecular flexibility index (Phi) is 3.84. The van der Waals surface area contributed by atoms with Crippen LogP contribution in [0.25, 0.3) is 16.3 Å². The molecule has 0 atom stereocenters. The van der Waals surface area contributed by atoms with Crippen molar-refractivity contribution in [2.75, 3.05) is 0 Å². The molecular formula is C17H12ClN3O2S. The molecule has 0 radical (unpaired) electrons. The van der Waals surface area contributed by atoms with Crippen LogP contribution in [-0.2, 0) is 6.54 Å². The van der Waals surface area contributed by atoms with E-state index in [0.29, 0.717) is 17.3 Å². The summed E-state index contributed by atoms with van der Waals surface area (Å²) in [6.07, 6.45) is 3.82. The van der Waals surface area contributed by atoms with Crippen molar-refractivity contribution < 1.29 is 9.21 Å². The highest BCUT2D eigenvalue weighted by Crippen LogP contribution is 2.29. The number of nitrogens with zero attached hydrogens (tertiary/aromatic N) is 2. The van der Waals surface area contributed by atoms with Gasteiger partial charge in [-0.15, -0.1) is 11.3 Å². The summed E-state index contributed by atoms with van der Waals surface area (Å²) < 4.78 is 7.55. The number of hydrogen-bond donors (Lipinski definition) is 1. The Balaban J connectivity index is 1.47. The molecule has 0 unspecified atom stereocenters. The van der Waals surface area contributed by atoms with Crippen LogP contribution in [0, 0.1) is 0 Å². The number of thiazole rings is 1. The van der Waals surface area contributed by atoms with E-state index < -0.39 is 0 Å². The van der Waals surface area contributed by atoms with Gasteiger partial charge in [0.1, 0.15) is 5.76 Å². The number of aromatic nitrogens is 2. The van der Waals surface area contributed by atoms with Crippen molar-refractivity contribution >= 4 is 33.8 Å². The first-order chi connectivity index (χ1) is 11.7. The third-order valence-electron chi connectivity index (χ3n) is 3.54. The second-order valence-corrected chi connectivity index (χ2v) is 6.43. The van der Waals surface area contributed by atoms with Crippen LogP contribution in [0.2, 0.25) is 5.02 Å². The number of amides is 1. The quantitative estimate of drug-likeness (QED) is 0.594. The fraction of sp³-hybridized carbons (Fsp3) is 0.0588. The van der Waals surface area contributed by atoms with E-state index in [2.05, 4.69) is 10.3 Å². The van der Waals surface area contributed by atoms with Gasteiger partial charge in [0, 0.05) is 23.3 Å². The molecule has 0 fully saturated rings. The van der Waals surface area contributed by atoms with Crippen LogP contribution in [0.5, 0.6) is 0 Å². The Hall–Kier alpha value is -2.57. The van der Waals surface area contributed by atoms with Crippen molar-refractivity contribution in [2.45, 2.75) is 6.54 Å². The van der Waals surface area contributed by atoms with Gasteiger partial charge in [0.15, 0.2) is 10.7 Å². The summed E-state index contributed by atoms with van der Waals surface area (Å²) in [6.45, 7) is 0.343. The van der Waals surface area contributed by atoms with Crippen LogP contribution in [0.1, 0.15) is 16.2 Å². The van der Waals surface area contributed by atoms with E-state index in [4.69, 9.17) is 16.0 Å². The molecule has 1 aromatic carbocycles. The lowest BCUT2D eigenvalue weighted by Gasteiger charge is -2.01. The topological polar surface area (TPSA) is 59.5 Å². The molecule has 0 saturated heterocycles. The number of benzene rings is 1. The number of rotatable bonds is 4. The summed E-state index contributed by atoms with van der Waals surface area (Å²) >= 11 is 7.70. The number of furan rings is 1. The predicted octanol–water partition coefficient (Wildman–Crippen LogP) is 4.24. The highest BCUT2D eigenvalue weighted by molar-refractivity contribution is 7.15. The number of hydrogen-bond acceptors (Lipinski definition) is 4. The maximum atomic E-state index is 12.2. The first kappa shape index (κ1) is 15.0. The second kappa shape index (κ2) is 6.14. The molecule has 0 saturated carbocycles. The van der Waals surface area contributed by atoms with Crippen LogP contribution in [0.4, 0.5) is 0 Å². The summed E-state index contributed by atoms with van der Waals surface area (Å²) in [4.78, 5) is 17.6. The number of carbonyl (C=O) groups is 1. The molecule has 0 spiro atoms. The number of halogens is 1. The molecule has 1 N–H and O–H groups in total. The molecule has 4 aromatic rings. The molecule has 4 rings (SSSR count). The zero-order valence-corrected chi connectivity index (χ0v) is 14.0. The second-order valence-electron chi connectivity index (χ2n) is 5.15. The smallest absolute Gasteiger partial charge is 0.287 e. The molecule has 0 aliphatic carbocycles. The molecule has 0 aliphatic rings. The van der Waals surface area contributed by atoms with Gasteiger partial charge in [0.25, 0.3) is 5.91 Å². The highest BCUT2D eigenvalue weighted by Gasteiger charge is 2.14. The van der Waals surface area contributed by atoms with E-state index in [1.807, 2.05) is 40.4 Å². The molecule has 3 aromatic heterocycles. The maximum absolute atomic E-state index is 12.2. The zero-order chi connectivity index (χ0) is 16.5. The number of nitrogens with one attached hydrogen (secondary N) is 1. The van der Waals surface area contributed by atoms with Gasteiger partial charge >= 0.3 is 0 Å². The van der Waals surface area contributed by atoms with Gasteiger partial charge in [-0.05, 0) is 24.3 Å². The largest absolute Gasteiger partial charge is 0.451 e. The summed E-state index contributed by atoms with van der Waals surface area (Å²) in [7, 11) is 0. The van der Waals surface area contributed by atoms with Crippen LogP contribution >= 0.6 is 22.9 Å². The number of imidazole rings is 1. The van der Waals surface area contributed by atoms with Crippen LogP contribution < -0.4 is 5.32 Å². The summed E-state index contributed by atoms with van der Waals surface area (Å²) in [5, 5.41) is 5.35. The molecule has 1 amide bonds. The Morgan fingerprint density at radius 3 is 3.00 bits per heavy atom. The average molecular weight is 358 g/mol. The minimum absolute atomic E-state index is 0.242. The molecule has 24 heavy (non-hydrogen) atoms. The van der Waals surface area contributed by atoms with E-state index in [-0.39, 0.29) is 11.7 Å². The third-order valence-corrected chi connectivity index (χ3v) is 4.64. The van der Waals surface area contributed by atoms with E-state index in [1.165, 1.54) is 0 Å². The standard InChI is InChI=1S/C17H12ClN3O2S/c18-13-4-2-1-3-12(13)14-5-6-15(23-14)16(22)19-9-11-10-21-7-8-24-17(21)20-11/h1-8,10H,9H2,(H,19,22). The first-order valence-electron chi connectivity index (χ1n) is 7.25. The monoisotopic (exact) mass is 357 g/mol. The van der Waals surface area contributed by atoms with Crippen molar-refractivity contribution in [3.05, 3.63) is 70.6 Å². The van der Waals surface area contributed by atoms with Gasteiger partial charge in [-0.1, -0.05) is 23.7 Å². The van der Waals surface area contributed by atoms with Gasteiger partial charge in [-0.25, -0.2) is 4.98 Å². The van der Waals surface area contributed by atoms with Crippen molar-refractivity contribution in [3.8, 4) is 11.3 Å². The van der Waals surface area contributed by atoms with Crippen molar-refractivity contribution in [1.82, 2.24) is 14.7 Å². The van der Waals surface area contributed by atoms with Gasteiger partial charge in [-0.3, -0.25) is 9.20 Å². The van der Waals surface area contributed by atoms with E-state index >= 15 is 0 Å². The lowest BCUT2D eigenvalue weighted by molar-refractivity contribution is 0.0923. The van der Waals surface area contributed by atoms with Crippen LogP contribution in [0.15, 0.2) is 58.6 Å². The normalized spacial score (nSPS) is 11.0. The lowest BCUT2D eigenvalue weighted by atomic mass is 10.2. The predicted molar refractivity (Wildman–Crippen MR) is 93.4 cm³/mol. The van der Waals surface area contributed by atoms with Crippen molar-refractivity contribution in [3.63, 3.8) is 0 Å². The summed E-state index contributed by atoms with van der Waals surface area (Å²) in [6, 6.07) is 10.7. The van der Waals surface area contributed by atoms with Crippen LogP contribution in [0.3, 0.4) is 0 Å². The molecule has 3 heterocycles. The van der Waals surface area contributed by atoms with E-state index in [0.717, 1.165) is 16.2 Å². The molecule has 5 nitrogen and oxygen atoms in total. The Labute approximate surface area is 146 Å². The van der Waals surface area contributed by atoms with Gasteiger partial charge in [0.05, 0.1) is 17.3 Å². The van der Waals surface area contributed by atoms with Crippen molar-refractivity contribution in [1.29, 1.82) is 0 Å². The molecular weight excluding hydrogens is 346 g/mol. The zero-order valence-electron chi connectivity index (χ0n) is 12.4. The van der Waals surface area contributed by atoms with E-state index in [9.17, 15) is 4.79 Å². The number of fused-ring (bicyclic) bond motifs is 1. The molecule has 7 heteroatoms. The Morgan fingerprint density at radius 2 is 2.17 bits per heavy atom. The minimum Gasteiger partial charge on any atom is -0.451 e. The van der Waals surface area contributed by atoms with Crippen LogP contribution in [-0.4, -0.2) is 15.3 Å². The third kappa shape index (κ3) is 2.81. The average Bonchev–Trinajstić information content (AvgIpc) is 3.28. The Morgan fingerprint density at radius 1 is 1.29 bits per heavy atom. The van der Waals surface area contributed by atoms with E-state index in [1.54, 1.807) is 29.5 Å². The highest BCUT2D eigenvalue weighted by atomic mass is 35.5. The fourth-order valence-corrected chi connectivity index (χ4v) is 3.33. The maximum Gasteiger partial charge on any atom is 0.287 e. The fourth-order valence-electron chi connectivity index (χ4n) is 2.38. The molecule has 0 aliphatic heterocycles. The molecule has 120 valence electrons. The van der Waals surface area contributed by atoms with Gasteiger partial charge in [0.2, 0.25) is 0 Å². The molecule has 0 bridgehead atoms. The first-order valence-corrected chi connectivity index (χ1v) is 8.50. The number of carbonyl (C=O) groups excluding carboxylic acids is 1. The minimum atomic E-state index is -0.287. The summed E-state index contributed by atoms with van der Waals surface area (Å²) in [5.74, 6) is 0.517. The Bertz CT molecular complexity index is 989. The van der Waals surface area contributed by atoms with Gasteiger partial charge in [-0.2, -0.15) is 0 Å². The summed E-state index contributed by atoms with van der Waals surface area (Å²) in [5.41, 5.74) is 1.56. The lowest BCUT2D eigenvalue weighted by Crippen LogP contribution is -2.22. The SMILES string of the molecule is O=C(NCc1cn2ccsc2n1)c1ccc(-c2ccccc2Cl)o1. The van der Waals surface area contributed by atoms with Gasteiger partial charge < -0.3 is 9.73 Å². The van der Waals surface area contributed by atoms with Crippen molar-refractivity contribution in [2.24, 2.45) is 0 Å².